The molecule has 152 valence electrons. The zero-order valence-corrected chi connectivity index (χ0v) is 16.8. The molecule has 0 aromatic heterocycles. The van der Waals surface area contributed by atoms with Crippen molar-refractivity contribution in [3.8, 4) is 0 Å². The molecule has 0 saturated heterocycles. The van der Waals surface area contributed by atoms with Crippen LogP contribution in [0.4, 0.5) is 5.69 Å². The maximum absolute atomic E-state index is 12.3. The number of carbonyl (C=O) groups excluding carboxylic acids is 3. The van der Waals surface area contributed by atoms with Crippen LogP contribution < -0.4 is 21.1 Å². The van der Waals surface area contributed by atoms with Crippen molar-refractivity contribution in [2.24, 2.45) is 0 Å². The minimum Gasteiger partial charge on any atom is -0.362 e. The predicted octanol–water partition coefficient (Wildman–Crippen LogP) is 2.06. The van der Waals surface area contributed by atoms with Gasteiger partial charge >= 0.3 is 0 Å². The highest BCUT2D eigenvalue weighted by Gasteiger charge is 2.21. The van der Waals surface area contributed by atoms with E-state index in [4.69, 9.17) is 11.6 Å². The lowest BCUT2D eigenvalue weighted by atomic mass is 10.0. The zero-order chi connectivity index (χ0) is 20.8. The van der Waals surface area contributed by atoms with Crippen molar-refractivity contribution < 1.29 is 14.4 Å². The number of para-hydroxylation sites is 1. The molecule has 1 heterocycles. The van der Waals surface area contributed by atoms with E-state index in [-0.39, 0.29) is 18.0 Å². The Balaban J connectivity index is 1.48. The quantitative estimate of drug-likeness (QED) is 0.653. The van der Waals surface area contributed by atoms with Crippen molar-refractivity contribution in [2.45, 2.75) is 25.8 Å². The first-order chi connectivity index (χ1) is 14.0. The normalized spacial score (nSPS) is 13.8. The number of rotatable bonds is 5. The van der Waals surface area contributed by atoms with Crippen molar-refractivity contribution >= 4 is 35.0 Å². The Bertz CT molecular complexity index is 918. The molecule has 0 aliphatic carbocycles. The van der Waals surface area contributed by atoms with Crippen LogP contribution in [0.5, 0.6) is 0 Å². The van der Waals surface area contributed by atoms with Crippen molar-refractivity contribution in [3.05, 3.63) is 64.7 Å². The highest BCUT2D eigenvalue weighted by molar-refractivity contribution is 6.33. The lowest BCUT2D eigenvalue weighted by Gasteiger charge is -2.30. The van der Waals surface area contributed by atoms with Crippen molar-refractivity contribution in [1.82, 2.24) is 16.2 Å². The Morgan fingerprint density at radius 3 is 2.59 bits per heavy atom. The number of fused-ring (bicyclic) bond motifs is 1. The van der Waals surface area contributed by atoms with Gasteiger partial charge < -0.3 is 10.2 Å². The Labute approximate surface area is 174 Å². The fourth-order valence-corrected chi connectivity index (χ4v) is 3.44. The second-order valence-corrected chi connectivity index (χ2v) is 7.27. The largest absolute Gasteiger partial charge is 0.362 e. The summed E-state index contributed by atoms with van der Waals surface area (Å²) < 4.78 is 0. The summed E-state index contributed by atoms with van der Waals surface area (Å²) in [6.45, 7) is 2.44. The molecular weight excluding hydrogens is 392 g/mol. The molecule has 1 aliphatic heterocycles. The Morgan fingerprint density at radius 2 is 1.79 bits per heavy atom. The van der Waals surface area contributed by atoms with Gasteiger partial charge in [-0.05, 0) is 43.5 Å². The maximum Gasteiger partial charge on any atom is 0.260 e. The molecular formula is C21H23ClN4O3. The number of amides is 3. The molecule has 3 N–H and O–H groups in total. The monoisotopic (exact) mass is 414 g/mol. The van der Waals surface area contributed by atoms with E-state index in [1.807, 2.05) is 23.1 Å². The van der Waals surface area contributed by atoms with Crippen LogP contribution in [0.2, 0.25) is 5.02 Å². The van der Waals surface area contributed by atoms with Gasteiger partial charge in [0.25, 0.3) is 17.7 Å². The van der Waals surface area contributed by atoms with E-state index in [0.717, 1.165) is 25.1 Å². The Kier molecular flexibility index (Phi) is 6.72. The van der Waals surface area contributed by atoms with E-state index in [1.54, 1.807) is 24.3 Å². The van der Waals surface area contributed by atoms with Crippen molar-refractivity contribution in [2.75, 3.05) is 18.0 Å². The molecule has 1 aliphatic rings. The smallest absolute Gasteiger partial charge is 0.260 e. The van der Waals surface area contributed by atoms with Crippen LogP contribution in [-0.4, -0.2) is 36.9 Å². The average molecular weight is 415 g/mol. The summed E-state index contributed by atoms with van der Waals surface area (Å²) in [6.07, 6.45) is 1.97. The first kappa shape index (κ1) is 20.7. The molecule has 2 aromatic carbocycles. The Hall–Kier alpha value is -3.06. The number of aryl methyl sites for hydroxylation is 1. The molecule has 3 amide bonds. The van der Waals surface area contributed by atoms with Crippen LogP contribution in [0, 0.1) is 0 Å². The molecule has 2 aromatic rings. The minimum atomic E-state index is -0.852. The van der Waals surface area contributed by atoms with Crippen LogP contribution in [0.15, 0.2) is 48.5 Å². The highest BCUT2D eigenvalue weighted by atomic mass is 35.5. The SMILES string of the molecule is C[C@H](NC(=O)c1ccccc1Cl)C(=O)NNC(=O)CN1CCCc2ccccc21. The van der Waals surface area contributed by atoms with E-state index >= 15 is 0 Å². The highest BCUT2D eigenvalue weighted by Crippen LogP contribution is 2.26. The van der Waals surface area contributed by atoms with Gasteiger partial charge in [-0.1, -0.05) is 41.9 Å². The number of anilines is 1. The number of hydrogen-bond acceptors (Lipinski definition) is 4. The second kappa shape index (κ2) is 9.43. The summed E-state index contributed by atoms with van der Waals surface area (Å²) in [4.78, 5) is 38.7. The summed E-state index contributed by atoms with van der Waals surface area (Å²) in [6, 6.07) is 13.7. The third-order valence-corrected chi connectivity index (χ3v) is 5.05. The van der Waals surface area contributed by atoms with Crippen LogP contribution in [0.1, 0.15) is 29.3 Å². The molecule has 7 nitrogen and oxygen atoms in total. The summed E-state index contributed by atoms with van der Waals surface area (Å²) in [5, 5.41) is 2.86. The number of halogens is 1. The van der Waals surface area contributed by atoms with Gasteiger partial charge in [0.15, 0.2) is 0 Å². The minimum absolute atomic E-state index is 0.137. The lowest BCUT2D eigenvalue weighted by molar-refractivity contribution is -0.129. The third-order valence-electron chi connectivity index (χ3n) is 4.73. The lowest BCUT2D eigenvalue weighted by Crippen LogP contribution is -2.53. The molecule has 0 unspecified atom stereocenters. The number of carbonyl (C=O) groups is 3. The maximum atomic E-state index is 12.3. The number of nitrogens with one attached hydrogen (secondary N) is 3. The molecule has 3 rings (SSSR count). The number of hydrogen-bond donors (Lipinski definition) is 3. The van der Waals surface area contributed by atoms with E-state index in [2.05, 4.69) is 22.2 Å². The summed E-state index contributed by atoms with van der Waals surface area (Å²) in [7, 11) is 0. The van der Waals surface area contributed by atoms with Gasteiger partial charge in [-0.3, -0.25) is 25.2 Å². The summed E-state index contributed by atoms with van der Waals surface area (Å²) in [5.74, 6) is -1.33. The van der Waals surface area contributed by atoms with Crippen LogP contribution in [-0.2, 0) is 16.0 Å². The number of nitrogens with zero attached hydrogens (tertiary/aromatic N) is 1. The molecule has 0 radical (unpaired) electrons. The topological polar surface area (TPSA) is 90.5 Å². The van der Waals surface area contributed by atoms with E-state index in [1.165, 1.54) is 12.5 Å². The standard InChI is InChI=1S/C21H23ClN4O3/c1-14(23-21(29)16-9-3-4-10-17(16)22)20(28)25-24-19(27)13-26-12-6-8-15-7-2-5-11-18(15)26/h2-5,7,9-11,14H,6,8,12-13H2,1H3,(H,23,29)(H,24,27)(H,25,28)/t14-/m0/s1. The van der Waals surface area contributed by atoms with Gasteiger partial charge in [-0.2, -0.15) is 0 Å². The Morgan fingerprint density at radius 1 is 1.07 bits per heavy atom. The van der Waals surface area contributed by atoms with Gasteiger partial charge in [0.1, 0.15) is 6.04 Å². The van der Waals surface area contributed by atoms with E-state index < -0.39 is 17.9 Å². The molecule has 1 atom stereocenters. The summed E-state index contributed by atoms with van der Waals surface area (Å²) >= 11 is 5.99. The van der Waals surface area contributed by atoms with Crippen LogP contribution in [0.3, 0.4) is 0 Å². The summed E-state index contributed by atoms with van der Waals surface area (Å²) in [5.41, 5.74) is 7.30. The fraction of sp³-hybridized carbons (Fsp3) is 0.286. The van der Waals surface area contributed by atoms with Crippen LogP contribution in [0.25, 0.3) is 0 Å². The van der Waals surface area contributed by atoms with Gasteiger partial charge in [-0.15, -0.1) is 0 Å². The predicted molar refractivity (Wildman–Crippen MR) is 112 cm³/mol. The molecule has 0 bridgehead atoms. The number of hydrazine groups is 1. The van der Waals surface area contributed by atoms with Gasteiger partial charge in [0.05, 0.1) is 17.1 Å². The van der Waals surface area contributed by atoms with Gasteiger partial charge in [0.2, 0.25) is 0 Å². The van der Waals surface area contributed by atoms with Gasteiger partial charge in [-0.25, -0.2) is 0 Å². The fourth-order valence-electron chi connectivity index (χ4n) is 3.21. The molecule has 8 heteroatoms. The molecule has 0 spiro atoms. The first-order valence-corrected chi connectivity index (χ1v) is 9.80. The molecule has 29 heavy (non-hydrogen) atoms. The number of benzene rings is 2. The molecule has 0 saturated carbocycles. The molecule has 0 fully saturated rings. The second-order valence-electron chi connectivity index (χ2n) is 6.87. The average Bonchev–Trinajstić information content (AvgIpc) is 2.72. The van der Waals surface area contributed by atoms with E-state index in [0.29, 0.717) is 5.02 Å². The van der Waals surface area contributed by atoms with Crippen molar-refractivity contribution in [1.29, 1.82) is 0 Å². The first-order valence-electron chi connectivity index (χ1n) is 9.42. The van der Waals surface area contributed by atoms with Crippen LogP contribution >= 0.6 is 11.6 Å². The van der Waals surface area contributed by atoms with Crippen molar-refractivity contribution in [3.63, 3.8) is 0 Å². The van der Waals surface area contributed by atoms with E-state index in [9.17, 15) is 14.4 Å². The zero-order valence-electron chi connectivity index (χ0n) is 16.1. The van der Waals surface area contributed by atoms with Gasteiger partial charge in [0, 0.05) is 12.2 Å². The third kappa shape index (κ3) is 5.26.